The van der Waals surface area contributed by atoms with Crippen LogP contribution >= 0.6 is 11.3 Å². The van der Waals surface area contributed by atoms with Crippen LogP contribution in [0.3, 0.4) is 0 Å². The number of thiophene rings is 1. The normalized spacial score (nSPS) is 9.89. The van der Waals surface area contributed by atoms with Crippen molar-refractivity contribution < 1.29 is 19.4 Å². The quantitative estimate of drug-likeness (QED) is 0.879. The van der Waals surface area contributed by atoms with E-state index < -0.39 is 18.4 Å². The third kappa shape index (κ3) is 3.82. The van der Waals surface area contributed by atoms with Gasteiger partial charge in [-0.2, -0.15) is 0 Å². The summed E-state index contributed by atoms with van der Waals surface area (Å²) >= 11 is 1.51. The number of aliphatic carboxylic acids is 1. The standard InChI is InChI=1S/C13H11NO4S/c15-12(16)7-14-13(17)9-2-1-3-10(6-9)18-11-4-5-19-8-11/h1-6,8H,7H2,(H,14,17)(H,15,16). The molecule has 0 atom stereocenters. The van der Waals surface area contributed by atoms with E-state index in [1.54, 1.807) is 24.3 Å². The summed E-state index contributed by atoms with van der Waals surface area (Å²) in [5.41, 5.74) is 0.356. The Morgan fingerprint density at radius 2 is 2.11 bits per heavy atom. The number of carbonyl (C=O) groups excluding carboxylic acids is 1. The number of carbonyl (C=O) groups is 2. The summed E-state index contributed by atoms with van der Waals surface area (Å²) < 4.78 is 5.55. The maximum Gasteiger partial charge on any atom is 0.322 e. The second-order valence-electron chi connectivity index (χ2n) is 3.67. The molecule has 2 rings (SSSR count). The van der Waals surface area contributed by atoms with Crippen molar-refractivity contribution in [2.75, 3.05) is 6.54 Å². The first-order valence-electron chi connectivity index (χ1n) is 5.45. The van der Waals surface area contributed by atoms with E-state index in [4.69, 9.17) is 9.84 Å². The Morgan fingerprint density at radius 1 is 1.26 bits per heavy atom. The molecular formula is C13H11NO4S. The van der Waals surface area contributed by atoms with Crippen molar-refractivity contribution in [1.29, 1.82) is 0 Å². The molecular weight excluding hydrogens is 266 g/mol. The fourth-order valence-electron chi connectivity index (χ4n) is 1.40. The summed E-state index contributed by atoms with van der Waals surface area (Å²) in [6, 6.07) is 8.39. The molecule has 1 amide bonds. The van der Waals surface area contributed by atoms with Crippen LogP contribution < -0.4 is 10.1 Å². The predicted molar refractivity (Wildman–Crippen MR) is 70.8 cm³/mol. The molecule has 0 aliphatic heterocycles. The van der Waals surface area contributed by atoms with E-state index in [0.29, 0.717) is 17.1 Å². The number of hydrogen-bond donors (Lipinski definition) is 2. The Morgan fingerprint density at radius 3 is 2.79 bits per heavy atom. The number of amides is 1. The fraction of sp³-hybridized carbons (Fsp3) is 0.0769. The highest BCUT2D eigenvalue weighted by Gasteiger charge is 2.08. The van der Waals surface area contributed by atoms with Crippen molar-refractivity contribution in [1.82, 2.24) is 5.32 Å². The van der Waals surface area contributed by atoms with Crippen molar-refractivity contribution >= 4 is 23.2 Å². The highest BCUT2D eigenvalue weighted by atomic mass is 32.1. The Hall–Kier alpha value is -2.34. The predicted octanol–water partition coefficient (Wildman–Crippen LogP) is 2.35. The summed E-state index contributed by atoms with van der Waals surface area (Å²) in [4.78, 5) is 22.1. The molecule has 0 fully saturated rings. The van der Waals surface area contributed by atoms with Crippen LogP contribution in [-0.2, 0) is 4.79 Å². The van der Waals surface area contributed by atoms with Crippen molar-refractivity contribution in [3.05, 3.63) is 46.7 Å². The molecule has 0 saturated carbocycles. The van der Waals surface area contributed by atoms with Crippen LogP contribution in [0, 0.1) is 0 Å². The van der Waals surface area contributed by atoms with Crippen molar-refractivity contribution in [2.45, 2.75) is 0 Å². The lowest BCUT2D eigenvalue weighted by atomic mass is 10.2. The zero-order valence-corrected chi connectivity index (χ0v) is 10.6. The smallest absolute Gasteiger partial charge is 0.322 e. The van der Waals surface area contributed by atoms with E-state index in [1.165, 1.54) is 11.3 Å². The lowest BCUT2D eigenvalue weighted by Crippen LogP contribution is -2.29. The molecule has 0 unspecified atom stereocenters. The highest BCUT2D eigenvalue weighted by molar-refractivity contribution is 7.08. The second-order valence-corrected chi connectivity index (χ2v) is 4.45. The second kappa shape index (κ2) is 6.01. The monoisotopic (exact) mass is 277 g/mol. The number of carboxylic acid groups (broad SMARTS) is 1. The summed E-state index contributed by atoms with van der Waals surface area (Å²) in [5.74, 6) is -0.299. The summed E-state index contributed by atoms with van der Waals surface area (Å²) in [5, 5.41) is 14.5. The molecule has 98 valence electrons. The third-order valence-electron chi connectivity index (χ3n) is 2.23. The van der Waals surface area contributed by atoms with Crippen LogP contribution in [0.5, 0.6) is 11.5 Å². The van der Waals surface area contributed by atoms with Gasteiger partial charge >= 0.3 is 5.97 Å². The molecule has 19 heavy (non-hydrogen) atoms. The highest BCUT2D eigenvalue weighted by Crippen LogP contribution is 2.24. The van der Waals surface area contributed by atoms with E-state index >= 15 is 0 Å². The van der Waals surface area contributed by atoms with Gasteiger partial charge in [-0.15, -0.1) is 11.3 Å². The van der Waals surface area contributed by atoms with E-state index in [1.807, 2.05) is 16.8 Å². The van der Waals surface area contributed by atoms with Crippen LogP contribution in [0.1, 0.15) is 10.4 Å². The molecule has 0 bridgehead atoms. The van der Waals surface area contributed by atoms with Crippen molar-refractivity contribution in [3.8, 4) is 11.5 Å². The molecule has 1 aromatic carbocycles. The molecule has 5 nitrogen and oxygen atoms in total. The van der Waals surface area contributed by atoms with Gasteiger partial charge in [0.05, 0.1) is 0 Å². The van der Waals surface area contributed by atoms with Crippen LogP contribution in [0.4, 0.5) is 0 Å². The molecule has 2 aromatic rings. The van der Waals surface area contributed by atoms with E-state index in [-0.39, 0.29) is 0 Å². The first-order chi connectivity index (χ1) is 9.15. The Balaban J connectivity index is 2.06. The summed E-state index contributed by atoms with van der Waals surface area (Å²) in [7, 11) is 0. The maximum absolute atomic E-state index is 11.7. The van der Waals surface area contributed by atoms with Gasteiger partial charge in [0.25, 0.3) is 5.91 Å². The number of nitrogens with one attached hydrogen (secondary N) is 1. The van der Waals surface area contributed by atoms with Gasteiger partial charge in [-0.25, -0.2) is 0 Å². The number of benzene rings is 1. The van der Waals surface area contributed by atoms with Gasteiger partial charge in [-0.3, -0.25) is 9.59 Å². The number of rotatable bonds is 5. The number of carboxylic acids is 1. The minimum absolute atomic E-state index is 0.356. The minimum atomic E-state index is -1.08. The van der Waals surface area contributed by atoms with Gasteiger partial charge < -0.3 is 15.2 Å². The van der Waals surface area contributed by atoms with Gasteiger partial charge in [-0.1, -0.05) is 6.07 Å². The molecule has 2 N–H and O–H groups in total. The van der Waals surface area contributed by atoms with Crippen LogP contribution in [-0.4, -0.2) is 23.5 Å². The summed E-state index contributed by atoms with van der Waals surface area (Å²) in [6.45, 7) is -0.408. The van der Waals surface area contributed by atoms with Gasteiger partial charge in [0.1, 0.15) is 18.0 Å². The Kier molecular flexibility index (Phi) is 4.15. The lowest BCUT2D eigenvalue weighted by molar-refractivity contribution is -0.135. The molecule has 0 aliphatic carbocycles. The zero-order valence-electron chi connectivity index (χ0n) is 9.83. The molecule has 0 spiro atoms. The largest absolute Gasteiger partial charge is 0.480 e. The molecule has 0 aliphatic rings. The van der Waals surface area contributed by atoms with Gasteiger partial charge in [0.15, 0.2) is 0 Å². The van der Waals surface area contributed by atoms with Gasteiger partial charge in [0.2, 0.25) is 0 Å². The van der Waals surface area contributed by atoms with Crippen molar-refractivity contribution in [2.24, 2.45) is 0 Å². The topological polar surface area (TPSA) is 75.6 Å². The lowest BCUT2D eigenvalue weighted by Gasteiger charge is -2.06. The molecule has 1 heterocycles. The Labute approximate surface area is 113 Å². The first kappa shape index (κ1) is 13.1. The van der Waals surface area contributed by atoms with E-state index in [2.05, 4.69) is 5.32 Å². The average Bonchev–Trinajstić information content (AvgIpc) is 2.89. The molecule has 0 radical (unpaired) electrons. The van der Waals surface area contributed by atoms with Gasteiger partial charge in [-0.05, 0) is 29.6 Å². The van der Waals surface area contributed by atoms with Crippen LogP contribution in [0.25, 0.3) is 0 Å². The van der Waals surface area contributed by atoms with E-state index in [0.717, 1.165) is 0 Å². The van der Waals surface area contributed by atoms with Crippen LogP contribution in [0.2, 0.25) is 0 Å². The van der Waals surface area contributed by atoms with Crippen molar-refractivity contribution in [3.63, 3.8) is 0 Å². The average molecular weight is 277 g/mol. The Bertz CT molecular complexity index is 580. The number of ether oxygens (including phenoxy) is 1. The summed E-state index contributed by atoms with van der Waals surface area (Å²) in [6.07, 6.45) is 0. The molecule has 1 aromatic heterocycles. The van der Waals surface area contributed by atoms with Crippen LogP contribution in [0.15, 0.2) is 41.1 Å². The first-order valence-corrected chi connectivity index (χ1v) is 6.39. The maximum atomic E-state index is 11.7. The number of hydrogen-bond acceptors (Lipinski definition) is 4. The fourth-order valence-corrected chi connectivity index (χ4v) is 1.96. The SMILES string of the molecule is O=C(O)CNC(=O)c1cccc(Oc2ccsc2)c1. The van der Waals surface area contributed by atoms with Gasteiger partial charge in [0, 0.05) is 10.9 Å². The third-order valence-corrected chi connectivity index (χ3v) is 2.89. The molecule has 0 saturated heterocycles. The minimum Gasteiger partial charge on any atom is -0.480 e. The zero-order chi connectivity index (χ0) is 13.7. The van der Waals surface area contributed by atoms with E-state index in [9.17, 15) is 9.59 Å². The molecule has 6 heteroatoms.